The van der Waals surface area contributed by atoms with Gasteiger partial charge in [-0.05, 0) is 42.7 Å². The number of aromatic amines is 1. The Hall–Kier alpha value is -3.29. The lowest BCUT2D eigenvalue weighted by Gasteiger charge is -2.40. The predicted octanol–water partition coefficient (Wildman–Crippen LogP) is 4.70. The fourth-order valence-electron chi connectivity index (χ4n) is 4.83. The molecule has 2 atom stereocenters. The second-order valence-electron chi connectivity index (χ2n) is 8.73. The molecule has 3 heterocycles. The molecular formula is C26H28FN5O. The zero-order valence-electron chi connectivity index (χ0n) is 18.8. The van der Waals surface area contributed by atoms with E-state index >= 15 is 0 Å². The molecule has 0 spiro atoms. The third-order valence-electron chi connectivity index (χ3n) is 6.60. The number of benzene rings is 2. The summed E-state index contributed by atoms with van der Waals surface area (Å²) in [5.74, 6) is -0.602. The van der Waals surface area contributed by atoms with Crippen LogP contribution >= 0.6 is 0 Å². The van der Waals surface area contributed by atoms with E-state index in [-0.39, 0.29) is 11.8 Å². The average molecular weight is 446 g/mol. The number of aromatic nitrogens is 3. The molecule has 1 aliphatic rings. The van der Waals surface area contributed by atoms with Crippen LogP contribution in [0.2, 0.25) is 0 Å². The maximum absolute atomic E-state index is 14.6. The third-order valence-corrected chi connectivity index (χ3v) is 6.60. The van der Waals surface area contributed by atoms with Crippen LogP contribution in [-0.4, -0.2) is 44.3 Å². The Bertz CT molecular complexity index is 1270. The van der Waals surface area contributed by atoms with Gasteiger partial charge in [-0.3, -0.25) is 10.00 Å². The molecule has 170 valence electrons. The normalized spacial score (nSPS) is 19.2. The average Bonchev–Trinajstić information content (AvgIpc) is 3.20. The Morgan fingerprint density at radius 3 is 2.73 bits per heavy atom. The van der Waals surface area contributed by atoms with E-state index < -0.39 is 5.82 Å². The summed E-state index contributed by atoms with van der Waals surface area (Å²) in [6, 6.07) is 17.3. The van der Waals surface area contributed by atoms with Crippen molar-refractivity contribution in [2.24, 2.45) is 0 Å². The van der Waals surface area contributed by atoms with Gasteiger partial charge in [0.2, 0.25) is 0 Å². The zero-order valence-corrected chi connectivity index (χ0v) is 18.8. The molecule has 0 unspecified atom stereocenters. The first-order valence-corrected chi connectivity index (χ1v) is 11.4. The SMILES string of the molecule is CC[C@H]1CN[C@H](c2ccccc2)CN1Cc1cc(-c2ccc(O)cc2F)nc2[nH]nc(C)c12. The van der Waals surface area contributed by atoms with Gasteiger partial charge in [0, 0.05) is 48.7 Å². The molecule has 0 bridgehead atoms. The smallest absolute Gasteiger partial charge is 0.156 e. The van der Waals surface area contributed by atoms with Crippen LogP contribution in [0.4, 0.5) is 4.39 Å². The minimum Gasteiger partial charge on any atom is -0.508 e. The predicted molar refractivity (Wildman–Crippen MR) is 127 cm³/mol. The Balaban J connectivity index is 1.53. The number of H-pyrrole nitrogens is 1. The van der Waals surface area contributed by atoms with Gasteiger partial charge in [0.15, 0.2) is 5.65 Å². The van der Waals surface area contributed by atoms with Crippen molar-refractivity contribution >= 4 is 11.0 Å². The molecule has 0 aliphatic carbocycles. The van der Waals surface area contributed by atoms with Crippen molar-refractivity contribution in [2.75, 3.05) is 13.1 Å². The molecule has 0 saturated carbocycles. The molecular weight excluding hydrogens is 417 g/mol. The highest BCUT2D eigenvalue weighted by Gasteiger charge is 2.28. The van der Waals surface area contributed by atoms with Crippen molar-refractivity contribution in [3.8, 4) is 17.0 Å². The number of rotatable bonds is 5. The summed E-state index contributed by atoms with van der Waals surface area (Å²) < 4.78 is 14.6. The monoisotopic (exact) mass is 445 g/mol. The number of nitrogens with zero attached hydrogens (tertiary/aromatic N) is 3. The number of fused-ring (bicyclic) bond motifs is 1. The fourth-order valence-corrected chi connectivity index (χ4v) is 4.83. The van der Waals surface area contributed by atoms with Crippen LogP contribution in [0, 0.1) is 12.7 Å². The summed E-state index contributed by atoms with van der Waals surface area (Å²) in [5.41, 5.74) is 4.77. The van der Waals surface area contributed by atoms with E-state index in [0.717, 1.165) is 48.8 Å². The van der Waals surface area contributed by atoms with E-state index in [1.165, 1.54) is 11.6 Å². The van der Waals surface area contributed by atoms with Gasteiger partial charge < -0.3 is 10.4 Å². The maximum Gasteiger partial charge on any atom is 0.156 e. The minimum absolute atomic E-state index is 0.103. The van der Waals surface area contributed by atoms with Gasteiger partial charge in [0.05, 0.1) is 11.4 Å². The summed E-state index contributed by atoms with van der Waals surface area (Å²) in [6.07, 6.45) is 1.03. The number of halogens is 1. The van der Waals surface area contributed by atoms with Crippen LogP contribution in [0.5, 0.6) is 5.75 Å². The molecule has 33 heavy (non-hydrogen) atoms. The quantitative estimate of drug-likeness (QED) is 0.415. The highest BCUT2D eigenvalue weighted by Crippen LogP contribution is 2.31. The number of aromatic hydroxyl groups is 1. The Morgan fingerprint density at radius 2 is 1.97 bits per heavy atom. The lowest BCUT2D eigenvalue weighted by atomic mass is 9.98. The summed E-state index contributed by atoms with van der Waals surface area (Å²) in [5, 5.41) is 21.7. The van der Waals surface area contributed by atoms with Crippen molar-refractivity contribution in [1.82, 2.24) is 25.4 Å². The molecule has 1 saturated heterocycles. The summed E-state index contributed by atoms with van der Waals surface area (Å²) in [4.78, 5) is 7.15. The van der Waals surface area contributed by atoms with Gasteiger partial charge in [0.1, 0.15) is 11.6 Å². The molecule has 6 nitrogen and oxygen atoms in total. The van der Waals surface area contributed by atoms with E-state index in [1.54, 1.807) is 6.07 Å². The van der Waals surface area contributed by atoms with Gasteiger partial charge >= 0.3 is 0 Å². The van der Waals surface area contributed by atoms with Gasteiger partial charge in [0.25, 0.3) is 0 Å². The molecule has 2 aromatic carbocycles. The third kappa shape index (κ3) is 4.21. The van der Waals surface area contributed by atoms with Crippen LogP contribution in [0.3, 0.4) is 0 Å². The van der Waals surface area contributed by atoms with Gasteiger partial charge in [-0.25, -0.2) is 9.37 Å². The van der Waals surface area contributed by atoms with Crippen molar-refractivity contribution < 1.29 is 9.50 Å². The zero-order chi connectivity index (χ0) is 22.9. The van der Waals surface area contributed by atoms with Crippen LogP contribution < -0.4 is 5.32 Å². The molecule has 5 rings (SSSR count). The number of hydrogen-bond acceptors (Lipinski definition) is 5. The molecule has 7 heteroatoms. The highest BCUT2D eigenvalue weighted by molar-refractivity contribution is 5.84. The molecule has 2 aromatic heterocycles. The number of nitrogens with one attached hydrogen (secondary N) is 2. The van der Waals surface area contributed by atoms with Crippen LogP contribution in [0.15, 0.2) is 54.6 Å². The van der Waals surface area contributed by atoms with E-state index in [1.807, 2.05) is 19.1 Å². The Morgan fingerprint density at radius 1 is 1.15 bits per heavy atom. The van der Waals surface area contributed by atoms with E-state index in [2.05, 4.69) is 56.6 Å². The number of piperazine rings is 1. The maximum atomic E-state index is 14.6. The Kier molecular flexibility index (Phi) is 5.83. The van der Waals surface area contributed by atoms with Crippen molar-refractivity contribution in [3.05, 3.63) is 77.2 Å². The number of hydrogen-bond donors (Lipinski definition) is 3. The van der Waals surface area contributed by atoms with Gasteiger partial charge in [-0.2, -0.15) is 5.10 Å². The summed E-state index contributed by atoms with van der Waals surface area (Å²) >= 11 is 0. The van der Waals surface area contributed by atoms with Gasteiger partial charge in [-0.15, -0.1) is 0 Å². The lowest BCUT2D eigenvalue weighted by molar-refractivity contribution is 0.119. The molecule has 3 N–H and O–H groups in total. The van der Waals surface area contributed by atoms with Crippen molar-refractivity contribution in [1.29, 1.82) is 0 Å². The second kappa shape index (κ2) is 8.92. The largest absolute Gasteiger partial charge is 0.508 e. The van der Waals surface area contributed by atoms with Crippen molar-refractivity contribution in [3.63, 3.8) is 0 Å². The summed E-state index contributed by atoms with van der Waals surface area (Å²) in [7, 11) is 0. The van der Waals surface area contributed by atoms with E-state index in [4.69, 9.17) is 0 Å². The first kappa shape index (κ1) is 21.6. The van der Waals surface area contributed by atoms with E-state index in [9.17, 15) is 9.50 Å². The topological polar surface area (TPSA) is 77.1 Å². The number of phenols is 1. The van der Waals surface area contributed by atoms with Crippen LogP contribution in [0.25, 0.3) is 22.3 Å². The van der Waals surface area contributed by atoms with Crippen LogP contribution in [-0.2, 0) is 6.54 Å². The first-order chi connectivity index (χ1) is 16.0. The first-order valence-electron chi connectivity index (χ1n) is 11.4. The number of aryl methyl sites for hydroxylation is 1. The molecule has 0 radical (unpaired) electrons. The number of pyridine rings is 1. The van der Waals surface area contributed by atoms with E-state index in [0.29, 0.717) is 22.9 Å². The second-order valence-corrected chi connectivity index (χ2v) is 8.73. The molecule has 1 fully saturated rings. The minimum atomic E-state index is -0.498. The standard InChI is InChI=1S/C26H28FN5O/c1-3-19-13-28-24(17-7-5-4-6-8-17)15-32(19)14-18-11-23(21-10-9-20(33)12-22(21)27)29-26-25(18)16(2)30-31-26/h4-12,19,24,28,33H,3,13-15H2,1-2H3,(H,29,30,31)/t19-,24-/m0/s1. The van der Waals surface area contributed by atoms with Crippen molar-refractivity contribution in [2.45, 2.75) is 38.9 Å². The fraction of sp³-hybridized carbons (Fsp3) is 0.308. The molecule has 1 aliphatic heterocycles. The van der Waals surface area contributed by atoms with Gasteiger partial charge in [-0.1, -0.05) is 37.3 Å². The molecule has 0 amide bonds. The Labute approximate surface area is 192 Å². The summed E-state index contributed by atoms with van der Waals surface area (Å²) in [6.45, 7) is 6.69. The lowest BCUT2D eigenvalue weighted by Crippen LogP contribution is -2.51. The molecule has 4 aromatic rings. The highest BCUT2D eigenvalue weighted by atomic mass is 19.1. The number of phenolic OH excluding ortho intramolecular Hbond substituents is 1. The van der Waals surface area contributed by atoms with Crippen LogP contribution in [0.1, 0.15) is 36.2 Å².